The van der Waals surface area contributed by atoms with Crippen molar-refractivity contribution in [1.29, 1.82) is 0 Å². The molecule has 0 fully saturated rings. The Morgan fingerprint density at radius 1 is 1.38 bits per heavy atom. The third kappa shape index (κ3) is 1.51. The summed E-state index contributed by atoms with van der Waals surface area (Å²) in [4.78, 5) is 15.1. The Labute approximate surface area is 88.5 Å². The summed E-state index contributed by atoms with van der Waals surface area (Å²) < 4.78 is 0.880. The van der Waals surface area contributed by atoms with Crippen LogP contribution in [-0.2, 0) is 0 Å². The van der Waals surface area contributed by atoms with Gasteiger partial charge in [-0.2, -0.15) is 0 Å². The zero-order chi connectivity index (χ0) is 9.42. The van der Waals surface area contributed by atoms with Gasteiger partial charge in [-0.3, -0.25) is 4.79 Å². The van der Waals surface area contributed by atoms with Gasteiger partial charge in [0.05, 0.1) is 5.52 Å². The van der Waals surface area contributed by atoms with E-state index in [9.17, 15) is 4.79 Å². The van der Waals surface area contributed by atoms with Crippen molar-refractivity contribution in [3.8, 4) is 0 Å². The van der Waals surface area contributed by atoms with Gasteiger partial charge in [0.1, 0.15) is 0 Å². The van der Waals surface area contributed by atoms with Crippen LogP contribution < -0.4 is 5.43 Å². The number of hydrogen-bond acceptors (Lipinski definition) is 2. The Kier molecular flexibility index (Phi) is 2.17. The van der Waals surface area contributed by atoms with Gasteiger partial charge < -0.3 is 4.98 Å². The molecule has 0 aliphatic carbocycles. The lowest BCUT2D eigenvalue weighted by atomic mass is 10.2. The number of rotatable bonds is 0. The van der Waals surface area contributed by atoms with Crippen LogP contribution in [0.2, 0.25) is 0 Å². The number of hydrogen-bond donors (Lipinski definition) is 2. The highest BCUT2D eigenvalue weighted by molar-refractivity contribution is 9.10. The molecule has 66 valence electrons. The van der Waals surface area contributed by atoms with Gasteiger partial charge in [0, 0.05) is 27.0 Å². The zero-order valence-corrected chi connectivity index (χ0v) is 9.02. The van der Waals surface area contributed by atoms with Crippen molar-refractivity contribution in [3.63, 3.8) is 0 Å². The number of thiol groups is 1. The van der Waals surface area contributed by atoms with Crippen LogP contribution in [0.5, 0.6) is 0 Å². The average Bonchev–Trinajstić information content (AvgIpc) is 2.09. The summed E-state index contributed by atoms with van der Waals surface area (Å²) in [6.07, 6.45) is 1.63. The SMILES string of the molecule is O=c1cc[nH]c2cc(Br)c(S)cc12. The third-order valence-corrected chi connectivity index (χ3v) is 3.16. The van der Waals surface area contributed by atoms with Crippen LogP contribution >= 0.6 is 28.6 Å². The lowest BCUT2D eigenvalue weighted by Crippen LogP contribution is -1.99. The van der Waals surface area contributed by atoms with Crippen molar-refractivity contribution in [3.05, 3.63) is 39.1 Å². The van der Waals surface area contributed by atoms with Crippen molar-refractivity contribution < 1.29 is 0 Å². The highest BCUT2D eigenvalue weighted by Gasteiger charge is 2.01. The number of pyridine rings is 1. The summed E-state index contributed by atoms with van der Waals surface area (Å²) in [7, 11) is 0. The Hall–Kier alpha value is -0.740. The van der Waals surface area contributed by atoms with E-state index in [1.54, 1.807) is 12.3 Å². The van der Waals surface area contributed by atoms with Gasteiger partial charge in [0.25, 0.3) is 0 Å². The van der Waals surface area contributed by atoms with Crippen molar-refractivity contribution in [2.45, 2.75) is 4.90 Å². The van der Waals surface area contributed by atoms with E-state index in [1.807, 2.05) is 6.07 Å². The van der Waals surface area contributed by atoms with Crippen molar-refractivity contribution in [2.75, 3.05) is 0 Å². The standard InChI is InChI=1S/C9H6BrNOS/c10-6-4-7-5(3-9(6)13)8(12)1-2-11-7/h1-4,13H,(H,11,12). The molecule has 1 heterocycles. The summed E-state index contributed by atoms with van der Waals surface area (Å²) >= 11 is 7.56. The molecule has 0 bridgehead atoms. The summed E-state index contributed by atoms with van der Waals surface area (Å²) in [5.41, 5.74) is 0.828. The minimum atomic E-state index is 0.0107. The minimum Gasteiger partial charge on any atom is -0.361 e. The highest BCUT2D eigenvalue weighted by atomic mass is 79.9. The van der Waals surface area contributed by atoms with Crippen LogP contribution in [0.3, 0.4) is 0 Å². The number of fused-ring (bicyclic) bond motifs is 1. The van der Waals surface area contributed by atoms with Gasteiger partial charge >= 0.3 is 0 Å². The molecule has 1 N–H and O–H groups in total. The first-order valence-electron chi connectivity index (χ1n) is 3.68. The van der Waals surface area contributed by atoms with Crippen molar-refractivity contribution in [1.82, 2.24) is 4.98 Å². The quantitative estimate of drug-likeness (QED) is 0.698. The fraction of sp³-hybridized carbons (Fsp3) is 0. The minimum absolute atomic E-state index is 0.0107. The molecule has 13 heavy (non-hydrogen) atoms. The molecule has 0 aliphatic rings. The van der Waals surface area contributed by atoms with Crippen molar-refractivity contribution >= 4 is 39.5 Å². The number of halogens is 1. The fourth-order valence-electron chi connectivity index (χ4n) is 1.18. The van der Waals surface area contributed by atoms with E-state index in [1.165, 1.54) is 6.07 Å². The normalized spacial score (nSPS) is 10.6. The van der Waals surface area contributed by atoms with Crippen LogP contribution in [0.15, 0.2) is 38.6 Å². The predicted molar refractivity (Wildman–Crippen MR) is 59.5 cm³/mol. The van der Waals surface area contributed by atoms with Crippen LogP contribution in [0.4, 0.5) is 0 Å². The molecule has 0 saturated carbocycles. The topological polar surface area (TPSA) is 32.9 Å². The van der Waals surface area contributed by atoms with E-state index in [-0.39, 0.29) is 5.43 Å². The third-order valence-electron chi connectivity index (χ3n) is 1.83. The van der Waals surface area contributed by atoms with E-state index in [2.05, 4.69) is 33.5 Å². The molecule has 0 unspecified atom stereocenters. The molecule has 2 rings (SSSR count). The van der Waals surface area contributed by atoms with Crippen LogP contribution in [0.1, 0.15) is 0 Å². The highest BCUT2D eigenvalue weighted by Crippen LogP contribution is 2.23. The number of aromatic amines is 1. The predicted octanol–water partition coefficient (Wildman–Crippen LogP) is 2.58. The van der Waals surface area contributed by atoms with E-state index < -0.39 is 0 Å². The molecule has 0 saturated heterocycles. The van der Waals surface area contributed by atoms with E-state index in [4.69, 9.17) is 0 Å². The number of benzene rings is 1. The molecule has 2 aromatic rings. The summed E-state index contributed by atoms with van der Waals surface area (Å²) in [5, 5.41) is 0.663. The Morgan fingerprint density at radius 3 is 2.92 bits per heavy atom. The number of H-pyrrole nitrogens is 1. The second-order valence-electron chi connectivity index (χ2n) is 2.69. The Bertz CT molecular complexity index is 520. The molecular weight excluding hydrogens is 250 g/mol. The molecule has 0 amide bonds. The largest absolute Gasteiger partial charge is 0.361 e. The first kappa shape index (κ1) is 8.84. The van der Waals surface area contributed by atoms with Crippen molar-refractivity contribution in [2.24, 2.45) is 0 Å². The number of nitrogens with one attached hydrogen (secondary N) is 1. The molecule has 0 spiro atoms. The van der Waals surface area contributed by atoms with Gasteiger partial charge in [-0.25, -0.2) is 0 Å². The monoisotopic (exact) mass is 255 g/mol. The van der Waals surface area contributed by atoms with Crippen LogP contribution in [-0.4, -0.2) is 4.98 Å². The van der Waals surface area contributed by atoms with Gasteiger partial charge in [-0.15, -0.1) is 12.6 Å². The maximum Gasteiger partial charge on any atom is 0.189 e. The molecule has 0 radical (unpaired) electrons. The molecule has 4 heteroatoms. The molecule has 1 aromatic carbocycles. The molecule has 0 aliphatic heterocycles. The second-order valence-corrected chi connectivity index (χ2v) is 4.03. The fourth-order valence-corrected chi connectivity index (χ4v) is 1.72. The molecule has 1 aromatic heterocycles. The van der Waals surface area contributed by atoms with Gasteiger partial charge in [-0.1, -0.05) is 0 Å². The lowest BCUT2D eigenvalue weighted by molar-refractivity contribution is 1.35. The van der Waals surface area contributed by atoms with Gasteiger partial charge in [0.2, 0.25) is 0 Å². The first-order valence-corrected chi connectivity index (χ1v) is 4.92. The maximum absolute atomic E-state index is 11.4. The summed E-state index contributed by atoms with van der Waals surface area (Å²) in [6, 6.07) is 5.10. The smallest absolute Gasteiger partial charge is 0.189 e. The summed E-state index contributed by atoms with van der Waals surface area (Å²) in [5.74, 6) is 0. The first-order chi connectivity index (χ1) is 6.18. The van der Waals surface area contributed by atoms with Crippen LogP contribution in [0, 0.1) is 0 Å². The van der Waals surface area contributed by atoms with E-state index in [0.29, 0.717) is 5.39 Å². The van der Waals surface area contributed by atoms with E-state index in [0.717, 1.165) is 14.9 Å². The van der Waals surface area contributed by atoms with Gasteiger partial charge in [-0.05, 0) is 28.1 Å². The molecule has 2 nitrogen and oxygen atoms in total. The molecule has 0 atom stereocenters. The Balaban J connectivity index is 2.97. The average molecular weight is 256 g/mol. The number of aromatic nitrogens is 1. The Morgan fingerprint density at radius 2 is 2.15 bits per heavy atom. The maximum atomic E-state index is 11.4. The van der Waals surface area contributed by atoms with Gasteiger partial charge in [0.15, 0.2) is 5.43 Å². The lowest BCUT2D eigenvalue weighted by Gasteiger charge is -2.00. The summed E-state index contributed by atoms with van der Waals surface area (Å²) in [6.45, 7) is 0. The zero-order valence-electron chi connectivity index (χ0n) is 6.54. The second kappa shape index (κ2) is 3.20. The van der Waals surface area contributed by atoms with E-state index >= 15 is 0 Å². The molecular formula is C9H6BrNOS. The van der Waals surface area contributed by atoms with Crippen LogP contribution in [0.25, 0.3) is 10.9 Å².